The lowest BCUT2D eigenvalue weighted by Gasteiger charge is -2.21. The largest absolute Gasteiger partial charge is 0.330 e. The fraction of sp³-hybridized carbons (Fsp3) is 0.417. The maximum absolute atomic E-state index is 13.0. The molecule has 1 atom stereocenters. The molecule has 0 heterocycles. The number of hydrogen-bond donors (Lipinski definition) is 1. The zero-order valence-electron chi connectivity index (χ0n) is 9.91. The number of halogens is 2. The Kier molecular flexibility index (Phi) is 4.57. The molecule has 0 saturated heterocycles. The first-order valence-corrected chi connectivity index (χ1v) is 5.40. The van der Waals surface area contributed by atoms with Gasteiger partial charge < -0.3 is 10.6 Å². The first kappa shape index (κ1) is 13.6. The Balaban J connectivity index is 2.85. The topological polar surface area (TPSA) is 46.3 Å². The summed E-state index contributed by atoms with van der Waals surface area (Å²) in [6.07, 6.45) is 0.562. The highest BCUT2D eigenvalue weighted by molar-refractivity contribution is 5.94. The molecule has 0 fully saturated rings. The lowest BCUT2D eigenvalue weighted by molar-refractivity contribution is -0.121. The van der Waals surface area contributed by atoms with Crippen LogP contribution in [-0.2, 0) is 4.79 Å². The Morgan fingerprint density at radius 2 is 2.06 bits per heavy atom. The molecule has 1 aromatic carbocycles. The van der Waals surface area contributed by atoms with Crippen LogP contribution >= 0.6 is 0 Å². The number of nitrogens with two attached hydrogens (primary N) is 1. The summed E-state index contributed by atoms with van der Waals surface area (Å²) >= 11 is 0. The van der Waals surface area contributed by atoms with Gasteiger partial charge in [-0.1, -0.05) is 6.92 Å². The van der Waals surface area contributed by atoms with Crippen molar-refractivity contribution in [3.8, 4) is 0 Å². The predicted molar refractivity (Wildman–Crippen MR) is 62.6 cm³/mol. The van der Waals surface area contributed by atoms with Gasteiger partial charge in [0.25, 0.3) is 0 Å². The highest BCUT2D eigenvalue weighted by Gasteiger charge is 2.18. The SMILES string of the molecule is CC(CCN)C(=O)N(C)c1ccc(F)c(F)c1. The Morgan fingerprint density at radius 3 is 2.59 bits per heavy atom. The summed E-state index contributed by atoms with van der Waals surface area (Å²) in [5.41, 5.74) is 5.70. The van der Waals surface area contributed by atoms with Gasteiger partial charge in [0.2, 0.25) is 5.91 Å². The van der Waals surface area contributed by atoms with E-state index in [4.69, 9.17) is 5.73 Å². The Hall–Kier alpha value is -1.49. The minimum absolute atomic E-state index is 0.165. The van der Waals surface area contributed by atoms with E-state index in [0.717, 1.165) is 12.1 Å². The van der Waals surface area contributed by atoms with Crippen LogP contribution in [-0.4, -0.2) is 19.5 Å². The molecular weight excluding hydrogens is 226 g/mol. The number of nitrogens with zero attached hydrogens (tertiary/aromatic N) is 1. The molecule has 0 aliphatic rings. The van der Waals surface area contributed by atoms with Crippen LogP contribution in [0.4, 0.5) is 14.5 Å². The number of hydrogen-bond acceptors (Lipinski definition) is 2. The van der Waals surface area contributed by atoms with E-state index < -0.39 is 11.6 Å². The van der Waals surface area contributed by atoms with Crippen LogP contribution in [0.5, 0.6) is 0 Å². The third-order valence-corrected chi connectivity index (χ3v) is 2.64. The van der Waals surface area contributed by atoms with E-state index in [9.17, 15) is 13.6 Å². The first-order chi connectivity index (χ1) is 7.97. The van der Waals surface area contributed by atoms with Crippen molar-refractivity contribution in [1.82, 2.24) is 0 Å². The molecule has 2 N–H and O–H groups in total. The molecule has 0 aliphatic heterocycles. The summed E-state index contributed by atoms with van der Waals surface area (Å²) in [4.78, 5) is 13.2. The Bertz CT molecular complexity index is 409. The smallest absolute Gasteiger partial charge is 0.229 e. The molecule has 1 aromatic rings. The summed E-state index contributed by atoms with van der Waals surface area (Å²) in [6, 6.07) is 3.37. The van der Waals surface area contributed by atoms with Gasteiger partial charge in [-0.25, -0.2) is 8.78 Å². The average molecular weight is 242 g/mol. The molecule has 0 aliphatic carbocycles. The van der Waals surface area contributed by atoms with E-state index in [-0.39, 0.29) is 11.8 Å². The van der Waals surface area contributed by atoms with Gasteiger partial charge in [-0.05, 0) is 25.1 Å². The van der Waals surface area contributed by atoms with Gasteiger partial charge in [0.15, 0.2) is 11.6 Å². The molecule has 17 heavy (non-hydrogen) atoms. The molecule has 0 bridgehead atoms. The Morgan fingerprint density at radius 1 is 1.41 bits per heavy atom. The van der Waals surface area contributed by atoms with E-state index in [1.165, 1.54) is 18.0 Å². The zero-order valence-corrected chi connectivity index (χ0v) is 9.91. The highest BCUT2D eigenvalue weighted by Crippen LogP contribution is 2.19. The number of carbonyl (C=O) groups excluding carboxylic acids is 1. The van der Waals surface area contributed by atoms with Crippen LogP contribution in [0.1, 0.15) is 13.3 Å². The molecule has 0 aromatic heterocycles. The third kappa shape index (κ3) is 3.23. The quantitative estimate of drug-likeness (QED) is 0.876. The molecular formula is C12H16F2N2O. The van der Waals surface area contributed by atoms with Crippen LogP contribution in [0.3, 0.4) is 0 Å². The van der Waals surface area contributed by atoms with Crippen molar-refractivity contribution >= 4 is 11.6 Å². The molecule has 0 radical (unpaired) electrons. The number of amides is 1. The van der Waals surface area contributed by atoms with Crippen LogP contribution in [0.15, 0.2) is 18.2 Å². The van der Waals surface area contributed by atoms with Crippen LogP contribution < -0.4 is 10.6 Å². The van der Waals surface area contributed by atoms with E-state index in [1.807, 2.05) is 0 Å². The fourth-order valence-corrected chi connectivity index (χ4v) is 1.52. The van der Waals surface area contributed by atoms with Crippen LogP contribution in [0.25, 0.3) is 0 Å². The molecule has 1 rings (SSSR count). The lowest BCUT2D eigenvalue weighted by Crippen LogP contribution is -2.32. The van der Waals surface area contributed by atoms with Gasteiger partial charge in [0.05, 0.1) is 0 Å². The van der Waals surface area contributed by atoms with E-state index in [1.54, 1.807) is 6.92 Å². The summed E-state index contributed by atoms with van der Waals surface area (Å²) < 4.78 is 25.8. The summed E-state index contributed by atoms with van der Waals surface area (Å²) in [6.45, 7) is 2.17. The summed E-state index contributed by atoms with van der Waals surface area (Å²) in [7, 11) is 1.53. The van der Waals surface area contributed by atoms with Gasteiger partial charge in [-0.2, -0.15) is 0 Å². The fourth-order valence-electron chi connectivity index (χ4n) is 1.52. The normalized spacial score (nSPS) is 12.3. The maximum atomic E-state index is 13.0. The van der Waals surface area contributed by atoms with Crippen molar-refractivity contribution in [2.24, 2.45) is 11.7 Å². The molecule has 0 spiro atoms. The second-order valence-electron chi connectivity index (χ2n) is 3.97. The van der Waals surface area contributed by atoms with Gasteiger partial charge in [0.1, 0.15) is 0 Å². The van der Waals surface area contributed by atoms with E-state index >= 15 is 0 Å². The Labute approximate surface area is 99.2 Å². The molecule has 94 valence electrons. The zero-order chi connectivity index (χ0) is 13.0. The van der Waals surface area contributed by atoms with Gasteiger partial charge >= 0.3 is 0 Å². The monoisotopic (exact) mass is 242 g/mol. The predicted octanol–water partition coefficient (Wildman–Crippen LogP) is 1.91. The summed E-state index contributed by atoms with van der Waals surface area (Å²) in [5, 5.41) is 0. The van der Waals surface area contributed by atoms with Crippen molar-refractivity contribution in [3.63, 3.8) is 0 Å². The summed E-state index contributed by atoms with van der Waals surface area (Å²) in [5.74, 6) is -2.29. The number of carbonyl (C=O) groups is 1. The minimum atomic E-state index is -0.964. The maximum Gasteiger partial charge on any atom is 0.229 e. The van der Waals surface area contributed by atoms with Gasteiger partial charge in [-0.3, -0.25) is 4.79 Å². The van der Waals surface area contributed by atoms with Crippen molar-refractivity contribution in [1.29, 1.82) is 0 Å². The van der Waals surface area contributed by atoms with Crippen molar-refractivity contribution in [2.45, 2.75) is 13.3 Å². The third-order valence-electron chi connectivity index (χ3n) is 2.64. The van der Waals surface area contributed by atoms with E-state index in [2.05, 4.69) is 0 Å². The van der Waals surface area contributed by atoms with Crippen molar-refractivity contribution in [2.75, 3.05) is 18.5 Å². The molecule has 3 nitrogen and oxygen atoms in total. The molecule has 1 amide bonds. The van der Waals surface area contributed by atoms with Gasteiger partial charge in [-0.15, -0.1) is 0 Å². The van der Waals surface area contributed by atoms with Crippen molar-refractivity contribution in [3.05, 3.63) is 29.8 Å². The standard InChI is InChI=1S/C12H16F2N2O/c1-8(5-6-15)12(17)16(2)9-3-4-10(13)11(14)7-9/h3-4,7-8H,5-6,15H2,1-2H3. The number of anilines is 1. The van der Waals surface area contributed by atoms with Crippen LogP contribution in [0.2, 0.25) is 0 Å². The number of rotatable bonds is 4. The average Bonchev–Trinajstić information content (AvgIpc) is 2.31. The van der Waals surface area contributed by atoms with Gasteiger partial charge in [0, 0.05) is 24.7 Å². The molecule has 5 heteroatoms. The number of benzene rings is 1. The van der Waals surface area contributed by atoms with Crippen LogP contribution in [0, 0.1) is 17.6 Å². The highest BCUT2D eigenvalue weighted by atomic mass is 19.2. The lowest BCUT2D eigenvalue weighted by atomic mass is 10.1. The van der Waals surface area contributed by atoms with E-state index in [0.29, 0.717) is 18.7 Å². The minimum Gasteiger partial charge on any atom is -0.330 e. The molecule has 1 unspecified atom stereocenters. The first-order valence-electron chi connectivity index (χ1n) is 5.40. The molecule has 0 saturated carbocycles. The second-order valence-corrected chi connectivity index (χ2v) is 3.97. The second kappa shape index (κ2) is 5.72. The van der Waals surface area contributed by atoms with Crippen molar-refractivity contribution < 1.29 is 13.6 Å².